The second kappa shape index (κ2) is 6.14. The Bertz CT molecular complexity index is 447. The lowest BCUT2D eigenvalue weighted by Gasteiger charge is -2.33. The molecule has 4 nitrogen and oxygen atoms in total. The van der Waals surface area contributed by atoms with Crippen molar-refractivity contribution in [3.05, 3.63) is 32.7 Å². The van der Waals surface area contributed by atoms with Gasteiger partial charge in [-0.25, -0.2) is 0 Å². The molecule has 18 heavy (non-hydrogen) atoms. The number of benzene rings is 1. The van der Waals surface area contributed by atoms with Crippen molar-refractivity contribution in [1.82, 2.24) is 10.2 Å². The van der Waals surface area contributed by atoms with Gasteiger partial charge in [-0.1, -0.05) is 6.07 Å². The third kappa shape index (κ3) is 3.12. The van der Waals surface area contributed by atoms with Crippen molar-refractivity contribution >= 4 is 37.8 Å². The summed E-state index contributed by atoms with van der Waals surface area (Å²) in [7, 11) is 0. The molecule has 0 spiro atoms. The third-order valence-corrected chi connectivity index (χ3v) is 4.93. The molecular weight excluding hydrogens is 362 g/mol. The van der Waals surface area contributed by atoms with Gasteiger partial charge in [-0.2, -0.15) is 0 Å². The van der Waals surface area contributed by atoms with E-state index < -0.39 is 0 Å². The molecule has 1 atom stereocenters. The van der Waals surface area contributed by atoms with Crippen LogP contribution in [0.3, 0.4) is 0 Å². The lowest BCUT2D eigenvalue weighted by molar-refractivity contribution is -0.123. The second-order valence-corrected chi connectivity index (χ2v) is 5.97. The highest BCUT2D eigenvalue weighted by Crippen LogP contribution is 2.29. The monoisotopic (exact) mass is 375 g/mol. The van der Waals surface area contributed by atoms with Gasteiger partial charge >= 0.3 is 0 Å². The van der Waals surface area contributed by atoms with Crippen LogP contribution >= 0.6 is 31.9 Å². The number of carbonyl (C=O) groups excluding carboxylic acids is 1. The first-order chi connectivity index (χ1) is 8.59. The minimum Gasteiger partial charge on any atom is -0.368 e. The van der Waals surface area contributed by atoms with Gasteiger partial charge in [-0.3, -0.25) is 9.69 Å². The summed E-state index contributed by atoms with van der Waals surface area (Å²) >= 11 is 6.88. The molecule has 1 amide bonds. The van der Waals surface area contributed by atoms with Crippen LogP contribution in [0.1, 0.15) is 11.6 Å². The van der Waals surface area contributed by atoms with Gasteiger partial charge in [0.15, 0.2) is 0 Å². The Labute approximate surface area is 123 Å². The summed E-state index contributed by atoms with van der Waals surface area (Å²) in [6.45, 7) is 3.45. The minimum atomic E-state index is -0.350. The summed E-state index contributed by atoms with van der Waals surface area (Å²) < 4.78 is 1.90. The van der Waals surface area contributed by atoms with Crippen molar-refractivity contribution in [2.24, 2.45) is 5.73 Å². The molecule has 1 aromatic rings. The van der Waals surface area contributed by atoms with Gasteiger partial charge < -0.3 is 11.1 Å². The van der Waals surface area contributed by atoms with Crippen molar-refractivity contribution in [2.45, 2.75) is 6.04 Å². The number of nitrogens with two attached hydrogens (primary N) is 1. The highest BCUT2D eigenvalue weighted by atomic mass is 79.9. The molecule has 1 heterocycles. The number of piperazine rings is 1. The molecule has 1 fully saturated rings. The molecule has 1 aromatic carbocycles. The summed E-state index contributed by atoms with van der Waals surface area (Å²) in [5.41, 5.74) is 6.49. The molecule has 0 saturated carbocycles. The number of amides is 1. The minimum absolute atomic E-state index is 0.300. The van der Waals surface area contributed by atoms with E-state index in [-0.39, 0.29) is 11.9 Å². The zero-order valence-electron chi connectivity index (χ0n) is 9.83. The van der Waals surface area contributed by atoms with E-state index in [1.165, 1.54) is 0 Å². The Morgan fingerprint density at radius 2 is 1.94 bits per heavy atom. The molecule has 1 aliphatic rings. The Hall–Kier alpha value is -0.430. The van der Waals surface area contributed by atoms with Gasteiger partial charge in [0.2, 0.25) is 5.91 Å². The zero-order valence-corrected chi connectivity index (χ0v) is 13.0. The zero-order chi connectivity index (χ0) is 13.1. The molecule has 1 aliphatic heterocycles. The Balaban J connectivity index is 2.28. The molecule has 1 saturated heterocycles. The van der Waals surface area contributed by atoms with Crippen LogP contribution in [-0.2, 0) is 4.79 Å². The van der Waals surface area contributed by atoms with Gasteiger partial charge in [0.25, 0.3) is 0 Å². The number of primary amides is 1. The molecule has 98 valence electrons. The standard InChI is InChI=1S/C12H15Br2N3O/c13-9-2-1-8(7-10(9)14)11(12(15)18)17-5-3-16-4-6-17/h1-2,7,11,16H,3-6H2,(H2,15,18). The van der Waals surface area contributed by atoms with Crippen LogP contribution in [0, 0.1) is 0 Å². The number of hydrogen-bond donors (Lipinski definition) is 2. The van der Waals surface area contributed by atoms with Gasteiger partial charge in [0.1, 0.15) is 6.04 Å². The van der Waals surface area contributed by atoms with Gasteiger partial charge in [0, 0.05) is 35.1 Å². The number of hydrogen-bond acceptors (Lipinski definition) is 3. The first-order valence-corrected chi connectivity index (χ1v) is 7.37. The quantitative estimate of drug-likeness (QED) is 0.843. The molecule has 1 unspecified atom stereocenters. The highest BCUT2D eigenvalue weighted by Gasteiger charge is 2.27. The molecule has 0 radical (unpaired) electrons. The number of halogens is 2. The van der Waals surface area contributed by atoms with E-state index >= 15 is 0 Å². The van der Waals surface area contributed by atoms with E-state index in [2.05, 4.69) is 42.1 Å². The summed E-state index contributed by atoms with van der Waals surface area (Å²) in [5, 5.41) is 3.27. The fraction of sp³-hybridized carbons (Fsp3) is 0.417. The topological polar surface area (TPSA) is 58.4 Å². The lowest BCUT2D eigenvalue weighted by Crippen LogP contribution is -2.48. The van der Waals surface area contributed by atoms with E-state index in [0.717, 1.165) is 40.7 Å². The molecule has 6 heteroatoms. The van der Waals surface area contributed by atoms with Crippen LogP contribution in [-0.4, -0.2) is 37.0 Å². The van der Waals surface area contributed by atoms with Crippen LogP contribution in [0.15, 0.2) is 27.1 Å². The van der Waals surface area contributed by atoms with Crippen molar-refractivity contribution in [1.29, 1.82) is 0 Å². The lowest BCUT2D eigenvalue weighted by atomic mass is 10.0. The maximum Gasteiger partial charge on any atom is 0.239 e. The predicted molar refractivity (Wildman–Crippen MR) is 78.2 cm³/mol. The van der Waals surface area contributed by atoms with Crippen molar-refractivity contribution in [3.63, 3.8) is 0 Å². The van der Waals surface area contributed by atoms with Crippen LogP contribution in [0.4, 0.5) is 0 Å². The average Bonchev–Trinajstić information content (AvgIpc) is 2.35. The van der Waals surface area contributed by atoms with E-state index in [0.29, 0.717) is 0 Å². The first kappa shape index (κ1) is 14.0. The van der Waals surface area contributed by atoms with E-state index in [9.17, 15) is 4.79 Å². The summed E-state index contributed by atoms with van der Waals surface area (Å²) in [6.07, 6.45) is 0. The van der Waals surface area contributed by atoms with Gasteiger partial charge in [0.05, 0.1) is 0 Å². The largest absolute Gasteiger partial charge is 0.368 e. The normalized spacial score (nSPS) is 18.6. The number of carbonyl (C=O) groups is 1. The summed E-state index contributed by atoms with van der Waals surface area (Å²) in [4.78, 5) is 13.8. The van der Waals surface area contributed by atoms with E-state index in [4.69, 9.17) is 5.73 Å². The third-order valence-electron chi connectivity index (χ3n) is 3.05. The second-order valence-electron chi connectivity index (χ2n) is 4.26. The van der Waals surface area contributed by atoms with Crippen LogP contribution in [0.2, 0.25) is 0 Å². The maximum absolute atomic E-state index is 11.7. The fourth-order valence-electron chi connectivity index (χ4n) is 2.18. The number of nitrogens with one attached hydrogen (secondary N) is 1. The molecule has 0 aliphatic carbocycles. The first-order valence-electron chi connectivity index (χ1n) is 5.78. The Kier molecular flexibility index (Phi) is 4.77. The SMILES string of the molecule is NC(=O)C(c1ccc(Br)c(Br)c1)N1CCNCC1. The van der Waals surface area contributed by atoms with Crippen LogP contribution in [0.5, 0.6) is 0 Å². The maximum atomic E-state index is 11.7. The van der Waals surface area contributed by atoms with Gasteiger partial charge in [-0.15, -0.1) is 0 Å². The molecule has 2 rings (SSSR count). The van der Waals surface area contributed by atoms with Gasteiger partial charge in [-0.05, 0) is 49.6 Å². The average molecular weight is 377 g/mol. The van der Waals surface area contributed by atoms with Crippen molar-refractivity contribution in [2.75, 3.05) is 26.2 Å². The number of rotatable bonds is 3. The summed E-state index contributed by atoms with van der Waals surface area (Å²) in [6, 6.07) is 5.46. The highest BCUT2D eigenvalue weighted by molar-refractivity contribution is 9.13. The number of nitrogens with zero attached hydrogens (tertiary/aromatic N) is 1. The molecule has 0 bridgehead atoms. The Morgan fingerprint density at radius 3 is 2.50 bits per heavy atom. The smallest absolute Gasteiger partial charge is 0.239 e. The van der Waals surface area contributed by atoms with Crippen molar-refractivity contribution < 1.29 is 4.79 Å². The van der Waals surface area contributed by atoms with Crippen molar-refractivity contribution in [3.8, 4) is 0 Å². The molecule has 0 aromatic heterocycles. The fourth-order valence-corrected chi connectivity index (χ4v) is 2.82. The summed E-state index contributed by atoms with van der Waals surface area (Å²) in [5.74, 6) is -0.300. The molecular formula is C12H15Br2N3O. The van der Waals surface area contributed by atoms with E-state index in [1.54, 1.807) is 0 Å². The van der Waals surface area contributed by atoms with E-state index in [1.807, 2.05) is 18.2 Å². The van der Waals surface area contributed by atoms with Crippen LogP contribution in [0.25, 0.3) is 0 Å². The predicted octanol–water partition coefficient (Wildman–Crippen LogP) is 1.64. The van der Waals surface area contributed by atoms with Crippen LogP contribution < -0.4 is 11.1 Å². The Morgan fingerprint density at radius 1 is 1.28 bits per heavy atom. The molecule has 3 N–H and O–H groups in total.